The quantitative estimate of drug-likeness (QED) is 0.911. The molecule has 0 unspecified atom stereocenters. The molecule has 4 nitrogen and oxygen atoms in total. The minimum Gasteiger partial charge on any atom is -0.345 e. The van der Waals surface area contributed by atoms with Crippen molar-refractivity contribution in [2.75, 3.05) is 20.1 Å². The molecule has 0 saturated carbocycles. The molecule has 1 aliphatic rings. The average Bonchev–Trinajstić information content (AvgIpc) is 2.43. The van der Waals surface area contributed by atoms with Gasteiger partial charge in [-0.3, -0.25) is 4.79 Å². The third-order valence-corrected chi connectivity index (χ3v) is 3.84. The summed E-state index contributed by atoms with van der Waals surface area (Å²) in [5.74, 6) is -0.0566. The molecule has 4 heteroatoms. The standard InChI is InChI=1S/C15H23N3O.C2H6/c1-11-9-12(2)16-13(10-11)14(19)17-15(3)5-7-18(4)8-6-15;1-2/h9-10H,5-8H2,1-4H3,(H,17,19);1-2H3. The van der Waals surface area contributed by atoms with E-state index in [0.29, 0.717) is 5.69 Å². The lowest BCUT2D eigenvalue weighted by atomic mass is 9.89. The van der Waals surface area contributed by atoms with E-state index in [4.69, 9.17) is 0 Å². The zero-order chi connectivity index (χ0) is 16.0. The highest BCUT2D eigenvalue weighted by Crippen LogP contribution is 2.21. The van der Waals surface area contributed by atoms with Gasteiger partial charge in [-0.1, -0.05) is 13.8 Å². The summed E-state index contributed by atoms with van der Waals surface area (Å²) >= 11 is 0. The third-order valence-electron chi connectivity index (χ3n) is 3.84. The number of pyridine rings is 1. The molecular weight excluding hydrogens is 262 g/mol. The van der Waals surface area contributed by atoms with Crippen molar-refractivity contribution in [3.8, 4) is 0 Å². The second-order valence-corrected chi connectivity index (χ2v) is 5.99. The Balaban J connectivity index is 0.00000106. The van der Waals surface area contributed by atoms with Crippen LogP contribution in [0.25, 0.3) is 0 Å². The Morgan fingerprint density at radius 3 is 2.33 bits per heavy atom. The van der Waals surface area contributed by atoms with Crippen LogP contribution in [-0.2, 0) is 0 Å². The van der Waals surface area contributed by atoms with Gasteiger partial charge in [-0.2, -0.15) is 0 Å². The number of rotatable bonds is 2. The average molecular weight is 291 g/mol. The van der Waals surface area contributed by atoms with Gasteiger partial charge in [0, 0.05) is 24.3 Å². The van der Waals surface area contributed by atoms with Crippen LogP contribution in [0.4, 0.5) is 0 Å². The van der Waals surface area contributed by atoms with Gasteiger partial charge >= 0.3 is 0 Å². The predicted octanol–water partition coefficient (Wildman–Crippen LogP) is 2.94. The van der Waals surface area contributed by atoms with Crippen molar-refractivity contribution in [2.45, 2.75) is 53.0 Å². The fraction of sp³-hybridized carbons (Fsp3) is 0.647. The Hall–Kier alpha value is -1.42. The molecule has 1 N–H and O–H groups in total. The molecule has 0 aromatic carbocycles. The van der Waals surface area contributed by atoms with Crippen LogP contribution < -0.4 is 5.32 Å². The van der Waals surface area contributed by atoms with E-state index in [-0.39, 0.29) is 11.4 Å². The number of amides is 1. The second kappa shape index (κ2) is 7.55. The molecule has 1 fully saturated rings. The fourth-order valence-electron chi connectivity index (χ4n) is 2.53. The number of carbonyl (C=O) groups excluding carboxylic acids is 1. The molecule has 1 amide bonds. The molecule has 0 radical (unpaired) electrons. The smallest absolute Gasteiger partial charge is 0.270 e. The highest BCUT2D eigenvalue weighted by Gasteiger charge is 2.30. The van der Waals surface area contributed by atoms with Gasteiger partial charge in [0.2, 0.25) is 0 Å². The van der Waals surface area contributed by atoms with E-state index in [2.05, 4.69) is 29.2 Å². The molecule has 2 rings (SSSR count). The molecule has 0 bridgehead atoms. The van der Waals surface area contributed by atoms with Crippen LogP contribution in [0.1, 0.15) is 55.4 Å². The number of carbonyl (C=O) groups is 1. The van der Waals surface area contributed by atoms with E-state index in [9.17, 15) is 4.79 Å². The van der Waals surface area contributed by atoms with Crippen LogP contribution in [-0.4, -0.2) is 41.5 Å². The van der Waals surface area contributed by atoms with E-state index < -0.39 is 0 Å². The molecular formula is C17H29N3O. The number of aryl methyl sites for hydroxylation is 2. The Labute approximate surface area is 129 Å². The summed E-state index contributed by atoms with van der Waals surface area (Å²) in [5, 5.41) is 3.16. The van der Waals surface area contributed by atoms with Gasteiger partial charge in [0.25, 0.3) is 5.91 Å². The molecule has 118 valence electrons. The number of hydrogen-bond donors (Lipinski definition) is 1. The van der Waals surface area contributed by atoms with E-state index in [1.165, 1.54) is 0 Å². The highest BCUT2D eigenvalue weighted by atomic mass is 16.2. The lowest BCUT2D eigenvalue weighted by Crippen LogP contribution is -2.52. The predicted molar refractivity (Wildman–Crippen MR) is 87.7 cm³/mol. The first-order chi connectivity index (χ1) is 9.88. The Kier molecular flexibility index (Phi) is 6.34. The van der Waals surface area contributed by atoms with Gasteiger partial charge in [0.15, 0.2) is 0 Å². The maximum Gasteiger partial charge on any atom is 0.270 e. The zero-order valence-corrected chi connectivity index (χ0v) is 14.3. The van der Waals surface area contributed by atoms with Crippen molar-refractivity contribution in [3.05, 3.63) is 29.1 Å². The topological polar surface area (TPSA) is 45.2 Å². The van der Waals surface area contributed by atoms with Crippen LogP contribution in [0.15, 0.2) is 12.1 Å². The third kappa shape index (κ3) is 5.12. The molecule has 1 aliphatic heterocycles. The number of likely N-dealkylation sites (tertiary alicyclic amines) is 1. The number of piperidine rings is 1. The maximum absolute atomic E-state index is 12.3. The van der Waals surface area contributed by atoms with Gasteiger partial charge in [0.05, 0.1) is 0 Å². The van der Waals surface area contributed by atoms with Gasteiger partial charge in [-0.25, -0.2) is 4.98 Å². The molecule has 1 aromatic heterocycles. The van der Waals surface area contributed by atoms with Gasteiger partial charge in [0.1, 0.15) is 5.69 Å². The largest absolute Gasteiger partial charge is 0.345 e. The minimum atomic E-state index is -0.108. The first kappa shape index (κ1) is 17.6. The number of hydrogen-bond acceptors (Lipinski definition) is 3. The summed E-state index contributed by atoms with van der Waals surface area (Å²) in [7, 11) is 2.12. The SMILES string of the molecule is CC.Cc1cc(C)nc(C(=O)NC2(C)CCN(C)CC2)c1. The van der Waals surface area contributed by atoms with E-state index in [0.717, 1.165) is 37.2 Å². The summed E-state index contributed by atoms with van der Waals surface area (Å²) in [5.41, 5.74) is 2.38. The molecule has 0 aliphatic carbocycles. The summed E-state index contributed by atoms with van der Waals surface area (Å²) in [4.78, 5) is 18.9. The normalized spacial score (nSPS) is 17.6. The Morgan fingerprint density at radius 1 is 1.24 bits per heavy atom. The Bertz CT molecular complexity index is 457. The second-order valence-electron chi connectivity index (χ2n) is 5.99. The van der Waals surface area contributed by atoms with Gasteiger partial charge in [-0.05, 0) is 58.4 Å². The van der Waals surface area contributed by atoms with E-state index in [1.807, 2.05) is 39.8 Å². The summed E-state index contributed by atoms with van der Waals surface area (Å²) in [6.07, 6.45) is 1.97. The van der Waals surface area contributed by atoms with E-state index >= 15 is 0 Å². The Morgan fingerprint density at radius 2 is 1.81 bits per heavy atom. The molecule has 2 heterocycles. The van der Waals surface area contributed by atoms with Crippen molar-refractivity contribution >= 4 is 5.91 Å². The highest BCUT2D eigenvalue weighted by molar-refractivity contribution is 5.93. The van der Waals surface area contributed by atoms with E-state index in [1.54, 1.807) is 0 Å². The molecule has 1 saturated heterocycles. The van der Waals surface area contributed by atoms with Crippen LogP contribution in [0.3, 0.4) is 0 Å². The van der Waals surface area contributed by atoms with Crippen molar-refractivity contribution < 1.29 is 4.79 Å². The molecule has 1 aromatic rings. The zero-order valence-electron chi connectivity index (χ0n) is 14.3. The number of nitrogens with zero attached hydrogens (tertiary/aromatic N) is 2. The van der Waals surface area contributed by atoms with Crippen LogP contribution >= 0.6 is 0 Å². The number of aromatic nitrogens is 1. The van der Waals surface area contributed by atoms with Crippen LogP contribution in [0.5, 0.6) is 0 Å². The first-order valence-electron chi connectivity index (χ1n) is 7.84. The fourth-order valence-corrected chi connectivity index (χ4v) is 2.53. The lowest BCUT2D eigenvalue weighted by Gasteiger charge is -2.38. The summed E-state index contributed by atoms with van der Waals surface area (Å²) < 4.78 is 0. The molecule has 21 heavy (non-hydrogen) atoms. The van der Waals surface area contributed by atoms with Gasteiger partial charge < -0.3 is 10.2 Å². The van der Waals surface area contributed by atoms with Crippen molar-refractivity contribution in [3.63, 3.8) is 0 Å². The summed E-state index contributed by atoms with van der Waals surface area (Å²) in [6.45, 7) is 12.1. The maximum atomic E-state index is 12.3. The van der Waals surface area contributed by atoms with Crippen molar-refractivity contribution in [1.82, 2.24) is 15.2 Å². The van der Waals surface area contributed by atoms with Crippen LogP contribution in [0.2, 0.25) is 0 Å². The number of nitrogens with one attached hydrogen (secondary N) is 1. The molecule has 0 spiro atoms. The summed E-state index contributed by atoms with van der Waals surface area (Å²) in [6, 6.07) is 3.83. The first-order valence-corrected chi connectivity index (χ1v) is 7.84. The minimum absolute atomic E-state index is 0.0566. The van der Waals surface area contributed by atoms with Gasteiger partial charge in [-0.15, -0.1) is 0 Å². The van der Waals surface area contributed by atoms with Crippen molar-refractivity contribution in [1.29, 1.82) is 0 Å². The molecule has 0 atom stereocenters. The lowest BCUT2D eigenvalue weighted by molar-refractivity contribution is 0.0846. The monoisotopic (exact) mass is 291 g/mol. The van der Waals surface area contributed by atoms with Crippen LogP contribution in [0, 0.1) is 13.8 Å². The van der Waals surface area contributed by atoms with Crippen molar-refractivity contribution in [2.24, 2.45) is 0 Å².